The van der Waals surface area contributed by atoms with Crippen molar-refractivity contribution in [3.05, 3.63) is 53.6 Å². The number of halogens is 1. The van der Waals surface area contributed by atoms with Crippen molar-refractivity contribution in [3.63, 3.8) is 0 Å². The lowest BCUT2D eigenvalue weighted by Gasteiger charge is -2.28. The zero-order valence-electron chi connectivity index (χ0n) is 21.3. The van der Waals surface area contributed by atoms with Crippen molar-refractivity contribution >= 4 is 41.7 Å². The smallest absolute Gasteiger partial charge is 0.233 e. The van der Waals surface area contributed by atoms with Crippen LogP contribution in [-0.4, -0.2) is 46.9 Å². The number of anilines is 4. The number of carbonyl (C=O) groups excluding carboxylic acids is 1. The monoisotopic (exact) mass is 538 g/mol. The van der Waals surface area contributed by atoms with Gasteiger partial charge in [-0.1, -0.05) is 24.3 Å². The fourth-order valence-corrected chi connectivity index (χ4v) is 4.94. The average molecular weight is 539 g/mol. The van der Waals surface area contributed by atoms with Crippen molar-refractivity contribution in [1.82, 2.24) is 39.6 Å². The molecule has 0 radical (unpaired) electrons. The topological polar surface area (TPSA) is 214 Å². The highest BCUT2D eigenvalue weighted by molar-refractivity contribution is 6.22. The second-order valence-electron chi connectivity index (χ2n) is 8.76. The molecule has 2 fully saturated rings. The van der Waals surface area contributed by atoms with E-state index in [1.807, 2.05) is 42.5 Å². The molecule has 3 aliphatic rings. The molecule has 2 saturated heterocycles. The zero-order chi connectivity index (χ0) is 21.5. The van der Waals surface area contributed by atoms with E-state index in [-0.39, 0.29) is 48.5 Å². The Kier molecular flexibility index (Phi) is 11.4. The molecule has 0 atom stereocenters. The molecule has 12 heteroatoms. The van der Waals surface area contributed by atoms with Crippen LogP contribution >= 0.6 is 12.4 Å². The van der Waals surface area contributed by atoms with Crippen molar-refractivity contribution in [2.24, 2.45) is 0 Å². The van der Waals surface area contributed by atoms with E-state index in [2.05, 4.69) is 15.1 Å². The third-order valence-electron chi connectivity index (χ3n) is 6.62. The van der Waals surface area contributed by atoms with Gasteiger partial charge < -0.3 is 39.7 Å². The van der Waals surface area contributed by atoms with Crippen LogP contribution in [0.4, 0.5) is 23.5 Å². The number of hydrogen-bond acceptors (Lipinski definition) is 11. The van der Waals surface area contributed by atoms with Crippen LogP contribution in [0.1, 0.15) is 53.7 Å². The molecule has 6 rings (SSSR count). The summed E-state index contributed by atoms with van der Waals surface area (Å²) in [7, 11) is 0. The lowest BCUT2D eigenvalue weighted by atomic mass is 10.1. The molecule has 0 unspecified atom stereocenters. The minimum Gasteiger partial charge on any atom is -0.344 e. The Bertz CT molecular complexity index is 1210. The Labute approximate surface area is 230 Å². The summed E-state index contributed by atoms with van der Waals surface area (Å²) in [6, 6.07) is 13.6. The van der Waals surface area contributed by atoms with Gasteiger partial charge >= 0.3 is 0 Å². The lowest BCUT2D eigenvalue weighted by Crippen LogP contribution is -2.32. The first-order chi connectivity index (χ1) is 15.8. The Morgan fingerprint density at radius 2 is 1.16 bits per heavy atom. The Morgan fingerprint density at radius 3 is 1.76 bits per heavy atom. The maximum atomic E-state index is 12.7. The number of rotatable bonds is 4. The van der Waals surface area contributed by atoms with Crippen LogP contribution in [0.5, 0.6) is 0 Å². The summed E-state index contributed by atoms with van der Waals surface area (Å²) in [5, 5.41) is 3.40. The quantitative estimate of drug-likeness (QED) is 0.189. The SMILES string of the molecule is Cl.N.N.N.N.O=C1c2ccccc2-c2cc(Nc3nc(N4CCCCC4)nc(N4CCCC4)n3)ccc21.[HH].[HH].[HH].[HH]. The van der Waals surface area contributed by atoms with Crippen LogP contribution in [0.3, 0.4) is 0 Å². The molecular weight excluding hydrogens is 492 g/mol. The van der Waals surface area contributed by atoms with Gasteiger partial charge in [0.2, 0.25) is 17.8 Å². The number of nitrogens with one attached hydrogen (secondary N) is 1. The van der Waals surface area contributed by atoms with Crippen LogP contribution in [0, 0.1) is 0 Å². The van der Waals surface area contributed by atoms with Crippen molar-refractivity contribution in [1.29, 1.82) is 0 Å². The average Bonchev–Trinajstić information content (AvgIpc) is 3.47. The first-order valence-electron chi connectivity index (χ1n) is 11.6. The summed E-state index contributed by atoms with van der Waals surface area (Å²) < 4.78 is 0. The van der Waals surface area contributed by atoms with Crippen molar-refractivity contribution in [3.8, 4) is 11.1 Å². The molecule has 0 spiro atoms. The van der Waals surface area contributed by atoms with Gasteiger partial charge in [0, 0.05) is 48.7 Å². The molecule has 2 aliphatic heterocycles. The summed E-state index contributed by atoms with van der Waals surface area (Å²) in [6.45, 7) is 3.95. The molecule has 1 aliphatic carbocycles. The highest BCUT2D eigenvalue weighted by atomic mass is 35.5. The lowest BCUT2D eigenvalue weighted by molar-refractivity contribution is 0.104. The number of nitrogens with zero attached hydrogens (tertiary/aromatic N) is 5. The number of piperidine rings is 1. The maximum absolute atomic E-state index is 12.7. The summed E-state index contributed by atoms with van der Waals surface area (Å²) in [6.07, 6.45) is 5.95. The summed E-state index contributed by atoms with van der Waals surface area (Å²) in [5.74, 6) is 2.15. The molecule has 210 valence electrons. The van der Waals surface area contributed by atoms with E-state index in [9.17, 15) is 4.79 Å². The van der Waals surface area contributed by atoms with Gasteiger partial charge in [0.15, 0.2) is 5.78 Å². The van der Waals surface area contributed by atoms with Gasteiger partial charge in [-0.05, 0) is 61.4 Å². The first-order valence-corrected chi connectivity index (χ1v) is 11.6. The van der Waals surface area contributed by atoms with Crippen molar-refractivity contribution < 1.29 is 10.5 Å². The van der Waals surface area contributed by atoms with Gasteiger partial charge in [-0.3, -0.25) is 4.79 Å². The van der Waals surface area contributed by atoms with E-state index in [1.54, 1.807) is 0 Å². The van der Waals surface area contributed by atoms with E-state index in [4.69, 9.17) is 15.0 Å². The van der Waals surface area contributed by atoms with Crippen molar-refractivity contribution in [2.75, 3.05) is 41.3 Å². The molecule has 0 amide bonds. The normalized spacial score (nSPS) is 15.1. The van der Waals surface area contributed by atoms with Gasteiger partial charge in [0.05, 0.1) is 0 Å². The fraction of sp³-hybridized carbons (Fsp3) is 0.360. The highest BCUT2D eigenvalue weighted by Crippen LogP contribution is 2.38. The van der Waals surface area contributed by atoms with E-state index < -0.39 is 0 Å². The number of aromatic nitrogens is 3. The largest absolute Gasteiger partial charge is 0.344 e. The third-order valence-corrected chi connectivity index (χ3v) is 6.62. The van der Waals surface area contributed by atoms with E-state index in [0.29, 0.717) is 5.95 Å². The van der Waals surface area contributed by atoms with Crippen molar-refractivity contribution in [2.45, 2.75) is 32.1 Å². The second-order valence-corrected chi connectivity index (χ2v) is 8.76. The minimum atomic E-state index is 0. The predicted molar refractivity (Wildman–Crippen MR) is 162 cm³/mol. The van der Waals surface area contributed by atoms with Gasteiger partial charge in [-0.2, -0.15) is 15.0 Å². The zero-order valence-corrected chi connectivity index (χ0v) is 22.1. The van der Waals surface area contributed by atoms with Gasteiger partial charge in [-0.25, -0.2) is 0 Å². The second kappa shape index (κ2) is 13.3. The van der Waals surface area contributed by atoms with Gasteiger partial charge in [0.1, 0.15) is 0 Å². The third kappa shape index (κ3) is 5.97. The molecule has 11 nitrogen and oxygen atoms in total. The van der Waals surface area contributed by atoms with Gasteiger partial charge in [-0.15, -0.1) is 12.4 Å². The molecule has 1 aromatic heterocycles. The molecule has 0 saturated carbocycles. The summed E-state index contributed by atoms with van der Waals surface area (Å²) in [5.41, 5.74) is 4.33. The fourth-order valence-electron chi connectivity index (χ4n) is 4.94. The Morgan fingerprint density at radius 1 is 0.649 bits per heavy atom. The van der Waals surface area contributed by atoms with E-state index in [1.165, 1.54) is 32.1 Å². The van der Waals surface area contributed by atoms with Crippen LogP contribution < -0.4 is 39.7 Å². The molecule has 3 heterocycles. The van der Waals surface area contributed by atoms with E-state index >= 15 is 0 Å². The highest BCUT2D eigenvalue weighted by Gasteiger charge is 2.26. The summed E-state index contributed by atoms with van der Waals surface area (Å²) in [4.78, 5) is 31.6. The number of fused-ring (bicyclic) bond motifs is 3. The predicted octanol–water partition coefficient (Wildman–Crippen LogP) is 6.47. The number of benzene rings is 2. The van der Waals surface area contributed by atoms with Crippen LogP contribution in [0.2, 0.25) is 0 Å². The number of carbonyl (C=O) groups is 1. The summed E-state index contributed by atoms with van der Waals surface area (Å²) >= 11 is 0. The molecular formula is C25H47ClN10O. The molecule has 2 aromatic carbocycles. The van der Waals surface area contributed by atoms with E-state index in [0.717, 1.165) is 66.0 Å². The molecule has 13 N–H and O–H groups in total. The first kappa shape index (κ1) is 31.7. The number of hydrogen-bond donors (Lipinski definition) is 5. The molecule has 3 aromatic rings. The van der Waals surface area contributed by atoms with Crippen LogP contribution in [-0.2, 0) is 0 Å². The van der Waals surface area contributed by atoms with Crippen LogP contribution in [0.15, 0.2) is 42.5 Å². The Balaban J connectivity index is -0.000000761. The van der Waals surface area contributed by atoms with Gasteiger partial charge in [0.25, 0.3) is 0 Å². The number of ketones is 1. The maximum Gasteiger partial charge on any atom is 0.233 e. The standard InChI is InChI=1S/C25H26N6O.ClH.4H3N.4H2/c32-22-19-9-3-2-8-18(19)21-16-17(10-11-20(21)22)26-23-27-24(30-12-4-1-5-13-30)29-25(28-23)31-14-6-7-15-31;;;;;;;;;/h2-3,8-11,16H,1,4-7,12-15H2,(H,26,27,28,29);1H;4*1H3;4*1H. The Hall–Kier alpha value is -3.35. The molecule has 37 heavy (non-hydrogen) atoms. The molecule has 0 bridgehead atoms. The van der Waals surface area contributed by atoms with Crippen LogP contribution in [0.25, 0.3) is 11.1 Å². The minimum absolute atomic E-state index is 0.